The van der Waals surface area contributed by atoms with Crippen molar-refractivity contribution in [3.8, 4) is 5.69 Å². The van der Waals surface area contributed by atoms with Gasteiger partial charge in [0.05, 0.1) is 11.1 Å². The zero-order valence-electron chi connectivity index (χ0n) is 16.0. The normalized spacial score (nSPS) is 13.5. The summed E-state index contributed by atoms with van der Waals surface area (Å²) in [6.07, 6.45) is 4.26. The summed E-state index contributed by atoms with van der Waals surface area (Å²) in [4.78, 5) is 20.7. The first-order valence-corrected chi connectivity index (χ1v) is 12.4. The molecule has 30 heavy (non-hydrogen) atoms. The minimum absolute atomic E-state index is 0.0107. The molecule has 0 N–H and O–H groups in total. The Labute approximate surface area is 190 Å². The molecule has 7 heteroatoms. The second kappa shape index (κ2) is 8.29. The van der Waals surface area contributed by atoms with Gasteiger partial charge in [-0.05, 0) is 73.2 Å². The fraction of sp³-hybridized carbons (Fsp3) is 0.217. The standard InChI is InChI=1S/C23H18BrFN2OS2/c24-15-8-10-17(11-9-15)27-22(28)20-18-6-1-2-7-19(18)30-21(20)26-23(27)29-13-14-4-3-5-16(25)12-14/h3-5,8-12H,1-2,6-7,13H2. The number of rotatable bonds is 4. The average Bonchev–Trinajstić information content (AvgIpc) is 3.12. The zero-order valence-corrected chi connectivity index (χ0v) is 19.2. The molecular weight excluding hydrogens is 483 g/mol. The molecule has 152 valence electrons. The van der Waals surface area contributed by atoms with E-state index in [2.05, 4.69) is 15.9 Å². The second-order valence-electron chi connectivity index (χ2n) is 7.32. The third-order valence-electron chi connectivity index (χ3n) is 5.30. The quantitative estimate of drug-likeness (QED) is 0.236. The molecule has 0 bridgehead atoms. The van der Waals surface area contributed by atoms with Crippen molar-refractivity contribution in [2.24, 2.45) is 0 Å². The topological polar surface area (TPSA) is 34.9 Å². The Kier molecular flexibility index (Phi) is 5.52. The van der Waals surface area contributed by atoms with E-state index in [1.807, 2.05) is 30.3 Å². The molecule has 0 unspecified atom stereocenters. The number of benzene rings is 2. The maximum Gasteiger partial charge on any atom is 0.267 e. The molecule has 0 atom stereocenters. The van der Waals surface area contributed by atoms with Crippen LogP contribution in [0.4, 0.5) is 4.39 Å². The Balaban J connectivity index is 1.66. The Hall–Kier alpha value is -1.96. The first kappa shape index (κ1) is 20.0. The molecule has 2 aromatic carbocycles. The molecular formula is C23H18BrFN2OS2. The van der Waals surface area contributed by atoms with Gasteiger partial charge in [0.1, 0.15) is 10.6 Å². The summed E-state index contributed by atoms with van der Waals surface area (Å²) >= 11 is 6.58. The van der Waals surface area contributed by atoms with Crippen LogP contribution in [-0.4, -0.2) is 9.55 Å². The lowest BCUT2D eigenvalue weighted by atomic mass is 9.97. The van der Waals surface area contributed by atoms with Gasteiger partial charge in [0.15, 0.2) is 5.16 Å². The highest BCUT2D eigenvalue weighted by Crippen LogP contribution is 2.35. The Bertz CT molecular complexity index is 1300. The monoisotopic (exact) mass is 500 g/mol. The van der Waals surface area contributed by atoms with Gasteiger partial charge >= 0.3 is 0 Å². The van der Waals surface area contributed by atoms with Gasteiger partial charge in [0.25, 0.3) is 5.56 Å². The van der Waals surface area contributed by atoms with Gasteiger partial charge in [-0.25, -0.2) is 9.37 Å². The van der Waals surface area contributed by atoms with Crippen LogP contribution in [0.25, 0.3) is 15.9 Å². The summed E-state index contributed by atoms with van der Waals surface area (Å²) in [6.45, 7) is 0. The summed E-state index contributed by atoms with van der Waals surface area (Å²) in [6, 6.07) is 14.3. The van der Waals surface area contributed by atoms with Crippen LogP contribution in [0, 0.1) is 5.82 Å². The molecule has 0 aliphatic heterocycles. The van der Waals surface area contributed by atoms with E-state index in [0.717, 1.165) is 45.2 Å². The Morgan fingerprint density at radius 2 is 1.93 bits per heavy atom. The predicted octanol–water partition coefficient (Wildman–Crippen LogP) is 6.52. The molecule has 2 heterocycles. The maximum absolute atomic E-state index is 13.7. The lowest BCUT2D eigenvalue weighted by Gasteiger charge is -2.14. The van der Waals surface area contributed by atoms with Crippen LogP contribution in [0.1, 0.15) is 28.8 Å². The smallest absolute Gasteiger partial charge is 0.267 e. The largest absolute Gasteiger partial charge is 0.268 e. The number of hydrogen-bond acceptors (Lipinski definition) is 4. The average molecular weight is 501 g/mol. The van der Waals surface area contributed by atoms with Gasteiger partial charge in [-0.15, -0.1) is 11.3 Å². The molecule has 2 aromatic heterocycles. The number of aromatic nitrogens is 2. The van der Waals surface area contributed by atoms with E-state index in [0.29, 0.717) is 10.9 Å². The molecule has 0 amide bonds. The fourth-order valence-electron chi connectivity index (χ4n) is 3.88. The summed E-state index contributed by atoms with van der Waals surface area (Å²) in [5.74, 6) is 0.282. The van der Waals surface area contributed by atoms with E-state index in [9.17, 15) is 9.18 Å². The van der Waals surface area contributed by atoms with Crippen LogP contribution >= 0.6 is 39.0 Å². The van der Waals surface area contributed by atoms with Crippen molar-refractivity contribution < 1.29 is 4.39 Å². The molecule has 0 radical (unpaired) electrons. The number of aryl methyl sites for hydroxylation is 2. The third kappa shape index (κ3) is 3.74. The highest BCUT2D eigenvalue weighted by atomic mass is 79.9. The molecule has 0 fully saturated rings. The number of halogens is 2. The molecule has 4 aromatic rings. The zero-order chi connectivity index (χ0) is 20.7. The molecule has 3 nitrogen and oxygen atoms in total. The van der Waals surface area contributed by atoms with Gasteiger partial charge in [-0.2, -0.15) is 0 Å². The minimum atomic E-state index is -0.257. The third-order valence-corrected chi connectivity index (χ3v) is 8.02. The van der Waals surface area contributed by atoms with Gasteiger partial charge in [-0.1, -0.05) is 39.8 Å². The highest BCUT2D eigenvalue weighted by molar-refractivity contribution is 9.10. The fourth-order valence-corrected chi connectivity index (χ4v) is 6.40. The molecule has 5 rings (SSSR count). The van der Waals surface area contributed by atoms with Crippen LogP contribution < -0.4 is 5.56 Å². The Morgan fingerprint density at radius 3 is 2.73 bits per heavy atom. The number of fused-ring (bicyclic) bond motifs is 3. The lowest BCUT2D eigenvalue weighted by molar-refractivity contribution is 0.626. The molecule has 0 saturated heterocycles. The van der Waals surface area contributed by atoms with Crippen molar-refractivity contribution in [3.63, 3.8) is 0 Å². The van der Waals surface area contributed by atoms with Crippen LogP contribution in [0.5, 0.6) is 0 Å². The number of hydrogen-bond donors (Lipinski definition) is 0. The van der Waals surface area contributed by atoms with Crippen molar-refractivity contribution in [2.75, 3.05) is 0 Å². The Morgan fingerprint density at radius 1 is 1.13 bits per heavy atom. The SMILES string of the molecule is O=c1c2c3c(sc2nc(SCc2cccc(F)c2)n1-c1ccc(Br)cc1)CCCC3. The summed E-state index contributed by atoms with van der Waals surface area (Å²) in [7, 11) is 0. The van der Waals surface area contributed by atoms with Gasteiger partial charge < -0.3 is 0 Å². The van der Waals surface area contributed by atoms with E-state index in [4.69, 9.17) is 4.98 Å². The second-order valence-corrected chi connectivity index (χ2v) is 10.3. The van der Waals surface area contributed by atoms with E-state index >= 15 is 0 Å². The predicted molar refractivity (Wildman–Crippen MR) is 126 cm³/mol. The van der Waals surface area contributed by atoms with Gasteiger partial charge in [-0.3, -0.25) is 9.36 Å². The van der Waals surface area contributed by atoms with Crippen molar-refractivity contribution >= 4 is 49.2 Å². The molecule has 0 spiro atoms. The van der Waals surface area contributed by atoms with Gasteiger partial charge in [0.2, 0.25) is 0 Å². The van der Waals surface area contributed by atoms with Crippen molar-refractivity contribution in [2.45, 2.75) is 36.6 Å². The first-order chi connectivity index (χ1) is 14.6. The van der Waals surface area contributed by atoms with E-state index in [-0.39, 0.29) is 11.4 Å². The van der Waals surface area contributed by atoms with Crippen molar-refractivity contribution in [3.05, 3.63) is 85.2 Å². The number of nitrogens with zero attached hydrogens (tertiary/aromatic N) is 2. The number of thioether (sulfide) groups is 1. The summed E-state index contributed by atoms with van der Waals surface area (Å²) in [5.41, 5.74) is 2.83. The minimum Gasteiger partial charge on any atom is -0.268 e. The van der Waals surface area contributed by atoms with Crippen molar-refractivity contribution in [1.29, 1.82) is 0 Å². The van der Waals surface area contributed by atoms with Crippen molar-refractivity contribution in [1.82, 2.24) is 9.55 Å². The van der Waals surface area contributed by atoms with Crippen LogP contribution in [0.2, 0.25) is 0 Å². The lowest BCUT2D eigenvalue weighted by Crippen LogP contribution is -2.22. The molecule has 1 aliphatic carbocycles. The highest BCUT2D eigenvalue weighted by Gasteiger charge is 2.23. The van der Waals surface area contributed by atoms with E-state index in [1.165, 1.54) is 40.8 Å². The summed E-state index contributed by atoms with van der Waals surface area (Å²) in [5, 5.41) is 1.41. The maximum atomic E-state index is 13.7. The summed E-state index contributed by atoms with van der Waals surface area (Å²) < 4.78 is 16.3. The van der Waals surface area contributed by atoms with E-state index in [1.54, 1.807) is 22.0 Å². The molecule has 1 aliphatic rings. The van der Waals surface area contributed by atoms with Crippen LogP contribution in [0.3, 0.4) is 0 Å². The van der Waals surface area contributed by atoms with Gasteiger partial charge in [0, 0.05) is 15.1 Å². The van der Waals surface area contributed by atoms with Crippen LogP contribution in [-0.2, 0) is 18.6 Å². The molecule has 0 saturated carbocycles. The number of thiophene rings is 1. The van der Waals surface area contributed by atoms with E-state index < -0.39 is 0 Å². The first-order valence-electron chi connectivity index (χ1n) is 9.80. The van der Waals surface area contributed by atoms with Crippen LogP contribution in [0.15, 0.2) is 63.0 Å².